The highest BCUT2D eigenvalue weighted by molar-refractivity contribution is 6.33. The first-order chi connectivity index (χ1) is 12.1. The molecule has 1 unspecified atom stereocenters. The number of nitrogens with zero attached hydrogens (tertiary/aromatic N) is 1. The van der Waals surface area contributed by atoms with Crippen molar-refractivity contribution in [2.75, 3.05) is 24.5 Å². The van der Waals surface area contributed by atoms with Gasteiger partial charge in [-0.05, 0) is 63.2 Å². The zero-order valence-electron chi connectivity index (χ0n) is 14.9. The molecule has 144 valence electrons. The Morgan fingerprint density at radius 3 is 2.69 bits per heavy atom. The minimum Gasteiger partial charge on any atom is -0.344 e. The molecule has 0 aliphatic carbocycles. The van der Waals surface area contributed by atoms with Crippen LogP contribution in [0.15, 0.2) is 24.3 Å². The number of benzene rings is 1. The molecule has 2 heterocycles. The van der Waals surface area contributed by atoms with Crippen molar-refractivity contribution < 1.29 is 9.59 Å². The Hall–Kier alpha value is -1.30. The molecule has 26 heavy (non-hydrogen) atoms. The fourth-order valence-corrected chi connectivity index (χ4v) is 3.93. The van der Waals surface area contributed by atoms with E-state index in [0.29, 0.717) is 30.3 Å². The Morgan fingerprint density at radius 1 is 1.23 bits per heavy atom. The van der Waals surface area contributed by atoms with Crippen molar-refractivity contribution in [3.05, 3.63) is 29.3 Å². The summed E-state index contributed by atoms with van der Waals surface area (Å²) in [4.78, 5) is 26.7. The zero-order chi connectivity index (χ0) is 17.6. The van der Waals surface area contributed by atoms with Gasteiger partial charge < -0.3 is 15.5 Å². The molecule has 0 aromatic heterocycles. The van der Waals surface area contributed by atoms with Crippen LogP contribution in [0.5, 0.6) is 0 Å². The third kappa shape index (κ3) is 5.35. The maximum absolute atomic E-state index is 12.8. The zero-order valence-corrected chi connectivity index (χ0v) is 16.5. The summed E-state index contributed by atoms with van der Waals surface area (Å²) in [5.41, 5.74) is 0.725. The summed E-state index contributed by atoms with van der Waals surface area (Å²) in [5.74, 6) is 0.543. The molecule has 1 aromatic rings. The molecule has 1 atom stereocenters. The minimum atomic E-state index is -0.439. The number of hydrogen-bond acceptors (Lipinski definition) is 3. The summed E-state index contributed by atoms with van der Waals surface area (Å²) in [7, 11) is 0. The fourth-order valence-electron chi connectivity index (χ4n) is 3.69. The third-order valence-electron chi connectivity index (χ3n) is 5.16. The highest BCUT2D eigenvalue weighted by Gasteiger charge is 2.31. The number of halogens is 2. The molecule has 2 amide bonds. The number of para-hydroxylation sites is 1. The first kappa shape index (κ1) is 21.0. The molecule has 2 N–H and O–H groups in total. The molecular formula is C19H27Cl2N3O2. The Labute approximate surface area is 166 Å². The number of carbonyl (C=O) groups excluding carboxylic acids is 2. The van der Waals surface area contributed by atoms with Gasteiger partial charge in [0.2, 0.25) is 11.8 Å². The van der Waals surface area contributed by atoms with Gasteiger partial charge in [-0.1, -0.05) is 23.7 Å². The molecule has 0 bridgehead atoms. The number of amides is 2. The fraction of sp³-hybridized carbons (Fsp3) is 0.579. The number of hydrogen-bond donors (Lipinski definition) is 2. The smallest absolute Gasteiger partial charge is 0.249 e. The lowest BCUT2D eigenvalue weighted by molar-refractivity contribution is -0.128. The third-order valence-corrected chi connectivity index (χ3v) is 5.48. The van der Waals surface area contributed by atoms with Crippen LogP contribution in [0.25, 0.3) is 0 Å². The Bertz CT molecular complexity index is 621. The molecular weight excluding hydrogens is 373 g/mol. The summed E-state index contributed by atoms with van der Waals surface area (Å²) in [6, 6.07) is 6.91. The highest BCUT2D eigenvalue weighted by Crippen LogP contribution is 2.28. The van der Waals surface area contributed by atoms with Gasteiger partial charge in [-0.2, -0.15) is 0 Å². The van der Waals surface area contributed by atoms with Gasteiger partial charge in [0.15, 0.2) is 0 Å². The van der Waals surface area contributed by atoms with E-state index in [1.165, 1.54) is 0 Å². The predicted octanol–water partition coefficient (Wildman–Crippen LogP) is 3.15. The van der Waals surface area contributed by atoms with Crippen molar-refractivity contribution in [3.8, 4) is 0 Å². The van der Waals surface area contributed by atoms with Crippen LogP contribution in [0, 0.1) is 5.92 Å². The molecule has 0 saturated carbocycles. The normalized spacial score (nSPS) is 21.2. The highest BCUT2D eigenvalue weighted by atomic mass is 35.5. The number of piperidine rings is 2. The lowest BCUT2D eigenvalue weighted by Gasteiger charge is -2.33. The van der Waals surface area contributed by atoms with E-state index < -0.39 is 6.04 Å². The van der Waals surface area contributed by atoms with Crippen LogP contribution in [0.3, 0.4) is 0 Å². The van der Waals surface area contributed by atoms with E-state index >= 15 is 0 Å². The Kier molecular flexibility index (Phi) is 8.19. The number of anilines is 1. The first-order valence-corrected chi connectivity index (χ1v) is 9.59. The van der Waals surface area contributed by atoms with Gasteiger partial charge >= 0.3 is 0 Å². The van der Waals surface area contributed by atoms with Crippen LogP contribution in [-0.4, -0.2) is 37.5 Å². The SMILES string of the molecule is Cl.O=C(CCC1CCNCC1)NC1CCCN(c2ccccc2Cl)C1=O. The summed E-state index contributed by atoms with van der Waals surface area (Å²) in [6.07, 6.45) is 5.23. The van der Waals surface area contributed by atoms with Gasteiger partial charge in [0.25, 0.3) is 0 Å². The minimum absolute atomic E-state index is 0. The van der Waals surface area contributed by atoms with Crippen LogP contribution >= 0.6 is 24.0 Å². The van der Waals surface area contributed by atoms with E-state index in [2.05, 4.69) is 10.6 Å². The van der Waals surface area contributed by atoms with Crippen molar-refractivity contribution in [2.24, 2.45) is 5.92 Å². The number of carbonyl (C=O) groups is 2. The van der Waals surface area contributed by atoms with Crippen molar-refractivity contribution >= 4 is 41.5 Å². The van der Waals surface area contributed by atoms with E-state index in [4.69, 9.17) is 11.6 Å². The van der Waals surface area contributed by atoms with Crippen LogP contribution in [-0.2, 0) is 9.59 Å². The second kappa shape index (κ2) is 10.1. The first-order valence-electron chi connectivity index (χ1n) is 9.21. The van der Waals surface area contributed by atoms with E-state index in [1.54, 1.807) is 11.0 Å². The summed E-state index contributed by atoms with van der Waals surface area (Å²) >= 11 is 6.23. The lowest BCUT2D eigenvalue weighted by atomic mass is 9.93. The van der Waals surface area contributed by atoms with E-state index in [-0.39, 0.29) is 24.2 Å². The van der Waals surface area contributed by atoms with E-state index in [0.717, 1.165) is 44.5 Å². The topological polar surface area (TPSA) is 61.4 Å². The molecule has 0 radical (unpaired) electrons. The lowest BCUT2D eigenvalue weighted by Crippen LogP contribution is -2.52. The van der Waals surface area contributed by atoms with Crippen LogP contribution < -0.4 is 15.5 Å². The summed E-state index contributed by atoms with van der Waals surface area (Å²) in [6.45, 7) is 2.73. The molecule has 5 nitrogen and oxygen atoms in total. The monoisotopic (exact) mass is 399 g/mol. The van der Waals surface area contributed by atoms with Crippen molar-refractivity contribution in [1.29, 1.82) is 0 Å². The van der Waals surface area contributed by atoms with Gasteiger partial charge in [0.05, 0.1) is 10.7 Å². The van der Waals surface area contributed by atoms with E-state index in [9.17, 15) is 9.59 Å². The summed E-state index contributed by atoms with van der Waals surface area (Å²) < 4.78 is 0. The van der Waals surface area contributed by atoms with Crippen LogP contribution in [0.1, 0.15) is 38.5 Å². The maximum atomic E-state index is 12.8. The van der Waals surface area contributed by atoms with Gasteiger partial charge in [0.1, 0.15) is 6.04 Å². The molecule has 3 rings (SSSR count). The van der Waals surface area contributed by atoms with Crippen molar-refractivity contribution in [3.63, 3.8) is 0 Å². The molecule has 2 saturated heterocycles. The van der Waals surface area contributed by atoms with Crippen LogP contribution in [0.2, 0.25) is 5.02 Å². The van der Waals surface area contributed by atoms with Gasteiger partial charge in [-0.25, -0.2) is 0 Å². The van der Waals surface area contributed by atoms with Gasteiger partial charge in [-0.3, -0.25) is 9.59 Å². The summed E-state index contributed by atoms with van der Waals surface area (Å²) in [5, 5.41) is 6.84. The molecule has 1 aromatic carbocycles. The molecule has 2 aliphatic rings. The van der Waals surface area contributed by atoms with Gasteiger partial charge in [-0.15, -0.1) is 12.4 Å². The molecule has 0 spiro atoms. The van der Waals surface area contributed by atoms with E-state index in [1.807, 2.05) is 18.2 Å². The van der Waals surface area contributed by atoms with Crippen LogP contribution in [0.4, 0.5) is 5.69 Å². The second-order valence-corrected chi connectivity index (χ2v) is 7.34. The van der Waals surface area contributed by atoms with Crippen molar-refractivity contribution in [2.45, 2.75) is 44.6 Å². The van der Waals surface area contributed by atoms with Crippen molar-refractivity contribution in [1.82, 2.24) is 10.6 Å². The standard InChI is InChI=1S/C19H26ClN3O2.ClH/c20-15-4-1-2-6-17(15)23-13-3-5-16(19(23)25)22-18(24)8-7-14-9-11-21-12-10-14;/h1-2,4,6,14,16,21H,3,5,7-13H2,(H,22,24);1H. The Morgan fingerprint density at radius 2 is 1.96 bits per heavy atom. The van der Waals surface area contributed by atoms with Gasteiger partial charge in [0, 0.05) is 13.0 Å². The second-order valence-electron chi connectivity index (χ2n) is 6.94. The predicted molar refractivity (Wildman–Crippen MR) is 107 cm³/mol. The maximum Gasteiger partial charge on any atom is 0.249 e. The average Bonchev–Trinajstić information content (AvgIpc) is 2.63. The molecule has 2 fully saturated rings. The largest absolute Gasteiger partial charge is 0.344 e. The quantitative estimate of drug-likeness (QED) is 0.798. The molecule has 7 heteroatoms. The number of rotatable bonds is 5. The Balaban J connectivity index is 0.00000243. The molecule has 2 aliphatic heterocycles. The number of nitrogens with one attached hydrogen (secondary N) is 2. The average molecular weight is 400 g/mol.